The Morgan fingerprint density at radius 2 is 2.32 bits per heavy atom. The van der Waals surface area contributed by atoms with Crippen LogP contribution in [0, 0.1) is 5.92 Å². The number of hydrogen-bond donors (Lipinski definition) is 1. The largest absolute Gasteiger partial charge is 0.384 e. The van der Waals surface area contributed by atoms with Crippen molar-refractivity contribution in [1.29, 1.82) is 0 Å². The second-order valence-corrected chi connectivity index (χ2v) is 6.26. The van der Waals surface area contributed by atoms with E-state index in [1.54, 1.807) is 7.11 Å². The molecule has 0 radical (unpaired) electrons. The number of piperidine rings is 1. The van der Waals surface area contributed by atoms with E-state index in [-0.39, 0.29) is 6.04 Å². The average molecular weight is 327 g/mol. The zero-order valence-electron chi connectivity index (χ0n) is 11.7. The van der Waals surface area contributed by atoms with Crippen LogP contribution in [0.4, 0.5) is 5.69 Å². The number of nitrogens with zero attached hydrogens (tertiary/aromatic N) is 1. The highest BCUT2D eigenvalue weighted by atomic mass is 79.9. The number of methoxy groups -OCH3 is 1. The molecule has 1 aliphatic heterocycles. The fourth-order valence-corrected chi connectivity index (χ4v) is 3.48. The van der Waals surface area contributed by atoms with Gasteiger partial charge in [0.25, 0.3) is 0 Å². The van der Waals surface area contributed by atoms with Gasteiger partial charge in [-0.25, -0.2) is 0 Å². The van der Waals surface area contributed by atoms with Gasteiger partial charge in [-0.05, 0) is 43.4 Å². The minimum atomic E-state index is 0.0611. The minimum absolute atomic E-state index is 0.0611. The molecule has 1 unspecified atom stereocenters. The summed E-state index contributed by atoms with van der Waals surface area (Å²) in [6.45, 7) is 5.08. The quantitative estimate of drug-likeness (QED) is 0.922. The summed E-state index contributed by atoms with van der Waals surface area (Å²) in [5, 5.41) is 0. The normalized spacial score (nSPS) is 21.5. The van der Waals surface area contributed by atoms with Crippen LogP contribution in [0.2, 0.25) is 0 Å². The van der Waals surface area contributed by atoms with Crippen LogP contribution < -0.4 is 10.6 Å². The molecular weight excluding hydrogens is 304 g/mol. The van der Waals surface area contributed by atoms with E-state index in [1.165, 1.54) is 18.5 Å². The van der Waals surface area contributed by atoms with E-state index < -0.39 is 0 Å². The minimum Gasteiger partial charge on any atom is -0.384 e. The third-order valence-electron chi connectivity index (χ3n) is 3.76. The van der Waals surface area contributed by atoms with Crippen molar-refractivity contribution >= 4 is 21.6 Å². The third-order valence-corrected chi connectivity index (χ3v) is 4.45. The highest BCUT2D eigenvalue weighted by Crippen LogP contribution is 2.30. The molecule has 0 saturated carbocycles. The van der Waals surface area contributed by atoms with Crippen LogP contribution in [0.5, 0.6) is 0 Å². The number of anilines is 1. The van der Waals surface area contributed by atoms with Crippen molar-refractivity contribution in [2.75, 3.05) is 31.7 Å². The number of benzene rings is 1. The van der Waals surface area contributed by atoms with Crippen molar-refractivity contribution < 1.29 is 4.74 Å². The number of ether oxygens (including phenoxy) is 1. The molecular formula is C15H23BrN2O. The lowest BCUT2D eigenvalue weighted by atomic mass is 9.98. The van der Waals surface area contributed by atoms with Crippen molar-refractivity contribution in [2.24, 2.45) is 11.7 Å². The number of halogens is 1. The van der Waals surface area contributed by atoms with Crippen molar-refractivity contribution in [1.82, 2.24) is 0 Å². The van der Waals surface area contributed by atoms with Gasteiger partial charge in [0.2, 0.25) is 0 Å². The van der Waals surface area contributed by atoms with Gasteiger partial charge in [-0.1, -0.05) is 22.0 Å². The Kier molecular flexibility index (Phi) is 5.25. The summed E-state index contributed by atoms with van der Waals surface area (Å²) < 4.78 is 6.39. The van der Waals surface area contributed by atoms with Crippen LogP contribution in [0.15, 0.2) is 22.7 Å². The number of nitrogens with two attached hydrogens (primary N) is 1. The Bertz CT molecular complexity index is 421. The summed E-state index contributed by atoms with van der Waals surface area (Å²) in [6.07, 6.45) is 2.50. The van der Waals surface area contributed by atoms with Gasteiger partial charge >= 0.3 is 0 Å². The summed E-state index contributed by atoms with van der Waals surface area (Å²) in [5.74, 6) is 0.644. The lowest BCUT2D eigenvalue weighted by Gasteiger charge is -2.34. The molecule has 106 valence electrons. The van der Waals surface area contributed by atoms with Gasteiger partial charge in [-0.15, -0.1) is 0 Å². The van der Waals surface area contributed by atoms with Crippen molar-refractivity contribution in [2.45, 2.75) is 25.8 Å². The Balaban J connectivity index is 2.11. The molecule has 0 spiro atoms. The van der Waals surface area contributed by atoms with E-state index in [9.17, 15) is 0 Å². The van der Waals surface area contributed by atoms with E-state index in [0.717, 1.165) is 29.7 Å². The predicted octanol–water partition coefficient (Wildman–Crippen LogP) is 3.33. The smallest absolute Gasteiger partial charge is 0.0507 e. The highest BCUT2D eigenvalue weighted by Gasteiger charge is 2.20. The summed E-state index contributed by atoms with van der Waals surface area (Å²) in [4.78, 5) is 2.45. The Morgan fingerprint density at radius 1 is 1.53 bits per heavy atom. The van der Waals surface area contributed by atoms with Gasteiger partial charge in [0.05, 0.1) is 6.61 Å². The first-order valence-electron chi connectivity index (χ1n) is 6.90. The molecule has 0 aliphatic carbocycles. The molecule has 3 nitrogen and oxygen atoms in total. The first kappa shape index (κ1) is 14.8. The molecule has 0 aromatic heterocycles. The second kappa shape index (κ2) is 6.73. The maximum absolute atomic E-state index is 5.94. The molecule has 2 atom stereocenters. The average Bonchev–Trinajstić information content (AvgIpc) is 2.39. The van der Waals surface area contributed by atoms with Crippen LogP contribution in [-0.2, 0) is 4.74 Å². The van der Waals surface area contributed by atoms with E-state index in [0.29, 0.717) is 5.92 Å². The fraction of sp³-hybridized carbons (Fsp3) is 0.600. The van der Waals surface area contributed by atoms with Crippen LogP contribution in [0.1, 0.15) is 31.4 Å². The van der Waals surface area contributed by atoms with Crippen LogP contribution in [0.25, 0.3) is 0 Å². The lowest BCUT2D eigenvalue weighted by molar-refractivity contribution is 0.143. The number of rotatable bonds is 4. The second-order valence-electron chi connectivity index (χ2n) is 5.40. The van der Waals surface area contributed by atoms with Gasteiger partial charge in [0, 0.05) is 36.4 Å². The first-order chi connectivity index (χ1) is 9.11. The molecule has 4 heteroatoms. The molecule has 1 aromatic carbocycles. The van der Waals surface area contributed by atoms with Crippen LogP contribution in [-0.4, -0.2) is 26.8 Å². The fourth-order valence-electron chi connectivity index (χ4n) is 2.75. The molecule has 1 aliphatic rings. The molecule has 2 rings (SSSR count). The molecule has 19 heavy (non-hydrogen) atoms. The zero-order chi connectivity index (χ0) is 13.8. The standard InChI is InChI=1S/C15H23BrN2O/c1-11(17)14-6-5-13(8-15(14)16)18-7-3-4-12(9-18)10-19-2/h5-6,8,11-12H,3-4,7,9-10,17H2,1-2H3/t11-,12?/m0/s1. The maximum atomic E-state index is 5.94. The first-order valence-corrected chi connectivity index (χ1v) is 7.70. The van der Waals surface area contributed by atoms with Crippen LogP contribution >= 0.6 is 15.9 Å². The van der Waals surface area contributed by atoms with Gasteiger partial charge < -0.3 is 15.4 Å². The summed E-state index contributed by atoms with van der Waals surface area (Å²) in [7, 11) is 1.78. The molecule has 0 bridgehead atoms. The van der Waals surface area contributed by atoms with Crippen molar-refractivity contribution in [3.05, 3.63) is 28.2 Å². The monoisotopic (exact) mass is 326 g/mol. The van der Waals surface area contributed by atoms with Gasteiger partial charge in [-0.3, -0.25) is 0 Å². The SMILES string of the molecule is COCC1CCCN(c2ccc([C@H](C)N)c(Br)c2)C1. The molecule has 2 N–H and O–H groups in total. The molecule has 1 heterocycles. The van der Waals surface area contributed by atoms with Gasteiger partial charge in [0.1, 0.15) is 0 Å². The van der Waals surface area contributed by atoms with Crippen molar-refractivity contribution in [3.8, 4) is 0 Å². The van der Waals surface area contributed by atoms with Crippen LogP contribution in [0.3, 0.4) is 0 Å². The van der Waals surface area contributed by atoms with E-state index in [4.69, 9.17) is 10.5 Å². The van der Waals surface area contributed by atoms with Gasteiger partial charge in [0.15, 0.2) is 0 Å². The molecule has 0 amide bonds. The summed E-state index contributed by atoms with van der Waals surface area (Å²) >= 11 is 3.63. The zero-order valence-corrected chi connectivity index (χ0v) is 13.3. The third kappa shape index (κ3) is 3.71. The number of hydrogen-bond acceptors (Lipinski definition) is 3. The molecule has 1 aromatic rings. The van der Waals surface area contributed by atoms with Crippen molar-refractivity contribution in [3.63, 3.8) is 0 Å². The van der Waals surface area contributed by atoms with E-state index in [1.807, 2.05) is 6.92 Å². The molecule has 1 fully saturated rings. The van der Waals surface area contributed by atoms with E-state index >= 15 is 0 Å². The highest BCUT2D eigenvalue weighted by molar-refractivity contribution is 9.10. The summed E-state index contributed by atoms with van der Waals surface area (Å²) in [5.41, 5.74) is 8.38. The molecule has 1 saturated heterocycles. The Hall–Kier alpha value is -0.580. The Morgan fingerprint density at radius 3 is 2.95 bits per heavy atom. The topological polar surface area (TPSA) is 38.5 Å². The van der Waals surface area contributed by atoms with Gasteiger partial charge in [-0.2, -0.15) is 0 Å². The van der Waals surface area contributed by atoms with E-state index in [2.05, 4.69) is 39.0 Å². The Labute approximate surface area is 124 Å². The summed E-state index contributed by atoms with van der Waals surface area (Å²) in [6, 6.07) is 6.56. The lowest BCUT2D eigenvalue weighted by Crippen LogP contribution is -2.37. The predicted molar refractivity (Wildman–Crippen MR) is 83.6 cm³/mol. The maximum Gasteiger partial charge on any atom is 0.0507 e.